The van der Waals surface area contributed by atoms with Crippen LogP contribution in [0.5, 0.6) is 0 Å². The van der Waals surface area contributed by atoms with Gasteiger partial charge in [-0.3, -0.25) is 0 Å². The van der Waals surface area contributed by atoms with Crippen molar-refractivity contribution in [3.05, 3.63) is 12.7 Å². The number of fused-ring (bicyclic) bond motifs is 5. The van der Waals surface area contributed by atoms with Gasteiger partial charge in [-0.2, -0.15) is 0 Å². The minimum atomic E-state index is -0.402. The molecule has 4 saturated carbocycles. The molecule has 0 bridgehead atoms. The van der Waals surface area contributed by atoms with E-state index in [4.69, 9.17) is 0 Å². The minimum Gasteiger partial charge on any atom is -0.390 e. The second-order valence-electron chi connectivity index (χ2n) is 10.4. The monoisotopic (exact) mass is 330 g/mol. The molecular weight excluding hydrogens is 292 g/mol. The molecule has 0 spiro atoms. The zero-order chi connectivity index (χ0) is 17.2. The predicted octanol–water partition coefficient (Wildman–Crippen LogP) is 5.97. The second-order valence-corrected chi connectivity index (χ2v) is 10.4. The molecule has 0 aromatic carbocycles. The molecule has 0 heterocycles. The molecule has 0 unspecified atom stereocenters. The molecule has 136 valence electrons. The van der Waals surface area contributed by atoms with Gasteiger partial charge in [-0.15, -0.1) is 6.58 Å². The van der Waals surface area contributed by atoms with Crippen LogP contribution in [0.15, 0.2) is 12.7 Å². The molecule has 4 fully saturated rings. The van der Waals surface area contributed by atoms with E-state index >= 15 is 0 Å². The second kappa shape index (κ2) is 5.60. The van der Waals surface area contributed by atoms with Gasteiger partial charge >= 0.3 is 0 Å². The van der Waals surface area contributed by atoms with Crippen LogP contribution in [0.2, 0.25) is 0 Å². The summed E-state index contributed by atoms with van der Waals surface area (Å²) in [4.78, 5) is 0. The van der Waals surface area contributed by atoms with E-state index in [1.54, 1.807) is 0 Å². The van der Waals surface area contributed by atoms with Gasteiger partial charge in [-0.1, -0.05) is 19.9 Å². The van der Waals surface area contributed by atoms with Crippen LogP contribution >= 0.6 is 0 Å². The standard InChI is InChI=1S/C23H38O/c1-5-16-8-10-19-18-9-7-17-15-21(3,24)13-14-23(17,6-2)20(18)11-12-22(16,19)4/h5,16-20,24H,1,6-15H2,2-4H3/t16-,17+,18-,19-,20-,21+,22+,23-/m0/s1. The van der Waals surface area contributed by atoms with E-state index in [2.05, 4.69) is 33.4 Å². The van der Waals surface area contributed by atoms with E-state index in [1.807, 2.05) is 0 Å². The largest absolute Gasteiger partial charge is 0.390 e. The zero-order valence-corrected chi connectivity index (χ0v) is 16.2. The van der Waals surface area contributed by atoms with E-state index in [1.165, 1.54) is 51.4 Å². The molecular formula is C23H38O. The molecule has 0 aromatic rings. The number of aliphatic hydroxyl groups is 1. The van der Waals surface area contributed by atoms with Crippen molar-refractivity contribution >= 4 is 0 Å². The SMILES string of the molecule is C=C[C@H]1CC[C@H]2[C@@H]3CC[C@@H]4C[C@](C)(O)CC[C@]4(CC)[C@H]3CC[C@]12C. The Hall–Kier alpha value is -0.300. The van der Waals surface area contributed by atoms with Crippen LogP contribution in [0.4, 0.5) is 0 Å². The first-order valence-electron chi connectivity index (χ1n) is 10.7. The van der Waals surface area contributed by atoms with E-state index in [-0.39, 0.29) is 0 Å². The first-order valence-corrected chi connectivity index (χ1v) is 10.7. The van der Waals surface area contributed by atoms with Crippen LogP contribution in [0.3, 0.4) is 0 Å². The maximum atomic E-state index is 10.7. The summed E-state index contributed by atoms with van der Waals surface area (Å²) in [5.41, 5.74) is 0.671. The molecule has 0 radical (unpaired) electrons. The third-order valence-corrected chi connectivity index (χ3v) is 9.67. The van der Waals surface area contributed by atoms with Crippen LogP contribution in [-0.2, 0) is 0 Å². The summed E-state index contributed by atoms with van der Waals surface area (Å²) >= 11 is 0. The summed E-state index contributed by atoms with van der Waals surface area (Å²) in [7, 11) is 0. The van der Waals surface area contributed by atoms with Gasteiger partial charge < -0.3 is 5.11 Å². The summed E-state index contributed by atoms with van der Waals surface area (Å²) in [5.74, 6) is 4.34. The van der Waals surface area contributed by atoms with Crippen molar-refractivity contribution in [2.75, 3.05) is 0 Å². The summed E-state index contributed by atoms with van der Waals surface area (Å²) in [6.45, 7) is 11.3. The van der Waals surface area contributed by atoms with Crippen molar-refractivity contribution in [3.63, 3.8) is 0 Å². The van der Waals surface area contributed by atoms with Gasteiger partial charge in [0.2, 0.25) is 0 Å². The van der Waals surface area contributed by atoms with Gasteiger partial charge in [0.05, 0.1) is 5.60 Å². The summed E-state index contributed by atoms with van der Waals surface area (Å²) < 4.78 is 0. The Morgan fingerprint density at radius 1 is 1.00 bits per heavy atom. The highest BCUT2D eigenvalue weighted by atomic mass is 16.3. The molecule has 0 amide bonds. The van der Waals surface area contributed by atoms with Gasteiger partial charge in [0, 0.05) is 0 Å². The average molecular weight is 331 g/mol. The maximum absolute atomic E-state index is 10.7. The smallest absolute Gasteiger partial charge is 0.0622 e. The van der Waals surface area contributed by atoms with Crippen LogP contribution in [-0.4, -0.2) is 10.7 Å². The van der Waals surface area contributed by atoms with Crippen molar-refractivity contribution in [3.8, 4) is 0 Å². The van der Waals surface area contributed by atoms with Gasteiger partial charge in [-0.25, -0.2) is 0 Å². The quantitative estimate of drug-likeness (QED) is 0.618. The van der Waals surface area contributed by atoms with Gasteiger partial charge in [0.25, 0.3) is 0 Å². The van der Waals surface area contributed by atoms with Crippen LogP contribution in [0, 0.1) is 40.4 Å². The van der Waals surface area contributed by atoms with E-state index in [9.17, 15) is 5.11 Å². The van der Waals surface area contributed by atoms with Gasteiger partial charge in [0.15, 0.2) is 0 Å². The highest BCUT2D eigenvalue weighted by Gasteiger charge is 2.61. The Labute approximate surface area is 149 Å². The average Bonchev–Trinajstić information content (AvgIpc) is 2.90. The molecule has 1 N–H and O–H groups in total. The van der Waals surface area contributed by atoms with Crippen molar-refractivity contribution in [1.82, 2.24) is 0 Å². The molecule has 4 rings (SSSR count). The van der Waals surface area contributed by atoms with Crippen molar-refractivity contribution < 1.29 is 5.11 Å². The predicted molar refractivity (Wildman–Crippen MR) is 101 cm³/mol. The molecule has 8 atom stereocenters. The Balaban J connectivity index is 1.64. The molecule has 1 heteroatoms. The normalized spacial score (nSPS) is 56.9. The lowest BCUT2D eigenvalue weighted by Crippen LogP contribution is -2.56. The lowest BCUT2D eigenvalue weighted by atomic mass is 9.43. The third-order valence-electron chi connectivity index (χ3n) is 9.67. The summed E-state index contributed by atoms with van der Waals surface area (Å²) in [5, 5.41) is 10.7. The number of rotatable bonds is 2. The van der Waals surface area contributed by atoms with Crippen LogP contribution in [0.25, 0.3) is 0 Å². The third kappa shape index (κ3) is 2.22. The summed E-state index contributed by atoms with van der Waals surface area (Å²) in [6.07, 6.45) is 15.4. The molecule has 4 aliphatic rings. The number of hydrogen-bond donors (Lipinski definition) is 1. The van der Waals surface area contributed by atoms with Crippen LogP contribution in [0.1, 0.15) is 85.0 Å². The van der Waals surface area contributed by atoms with Crippen molar-refractivity contribution in [2.45, 2.75) is 90.6 Å². The van der Waals surface area contributed by atoms with E-state index in [0.29, 0.717) is 10.8 Å². The highest BCUT2D eigenvalue weighted by molar-refractivity contribution is 5.12. The fourth-order valence-corrected chi connectivity index (χ4v) is 8.37. The first kappa shape index (κ1) is 17.1. The lowest BCUT2D eigenvalue weighted by molar-refractivity contribution is -0.154. The Kier molecular flexibility index (Phi) is 4.00. The number of allylic oxidation sites excluding steroid dienone is 1. The maximum Gasteiger partial charge on any atom is 0.0622 e. The molecule has 24 heavy (non-hydrogen) atoms. The van der Waals surface area contributed by atoms with Crippen LogP contribution < -0.4 is 0 Å². The molecule has 0 aromatic heterocycles. The summed E-state index contributed by atoms with van der Waals surface area (Å²) in [6, 6.07) is 0. The zero-order valence-electron chi connectivity index (χ0n) is 16.2. The van der Waals surface area contributed by atoms with E-state index < -0.39 is 5.60 Å². The number of hydrogen-bond acceptors (Lipinski definition) is 1. The van der Waals surface area contributed by atoms with Crippen molar-refractivity contribution in [2.24, 2.45) is 40.4 Å². The molecule has 4 aliphatic carbocycles. The topological polar surface area (TPSA) is 20.2 Å². The Bertz CT molecular complexity index is 508. The fourth-order valence-electron chi connectivity index (χ4n) is 8.37. The highest BCUT2D eigenvalue weighted by Crippen LogP contribution is 2.68. The lowest BCUT2D eigenvalue weighted by Gasteiger charge is -2.63. The first-order chi connectivity index (χ1) is 11.4. The molecule has 0 aliphatic heterocycles. The van der Waals surface area contributed by atoms with Gasteiger partial charge in [-0.05, 0) is 112 Å². The van der Waals surface area contributed by atoms with Gasteiger partial charge in [0.1, 0.15) is 0 Å². The Morgan fingerprint density at radius 3 is 2.50 bits per heavy atom. The van der Waals surface area contributed by atoms with Crippen molar-refractivity contribution in [1.29, 1.82) is 0 Å². The Morgan fingerprint density at radius 2 is 1.79 bits per heavy atom. The molecule has 0 saturated heterocycles. The minimum absolute atomic E-state index is 0.402. The van der Waals surface area contributed by atoms with E-state index in [0.717, 1.165) is 42.4 Å². The molecule has 1 nitrogen and oxygen atoms in total. The fraction of sp³-hybridized carbons (Fsp3) is 0.913.